The third-order valence-corrected chi connectivity index (χ3v) is 5.56. The van der Waals surface area contributed by atoms with Gasteiger partial charge in [-0.3, -0.25) is 0 Å². The third kappa shape index (κ3) is 3.64. The standard InChI is InChI=1S/C24H22N4O2/c29-24(25-21-14-6-11-17-8-4-5-13-20(17)21)28-15-7-12-19(16-28)23-26-22(27-30-23)18-9-2-1-3-10-18/h1-6,8-11,13-14,19H,7,12,15-16H2,(H,25,29). The van der Waals surface area contributed by atoms with Gasteiger partial charge in [0.1, 0.15) is 0 Å². The summed E-state index contributed by atoms with van der Waals surface area (Å²) in [7, 11) is 0. The predicted molar refractivity (Wildman–Crippen MR) is 116 cm³/mol. The number of aromatic nitrogens is 2. The molecule has 6 heteroatoms. The summed E-state index contributed by atoms with van der Waals surface area (Å²) in [5.41, 5.74) is 1.75. The van der Waals surface area contributed by atoms with Crippen molar-refractivity contribution in [3.8, 4) is 11.4 Å². The molecule has 1 aliphatic rings. The van der Waals surface area contributed by atoms with Crippen molar-refractivity contribution in [3.63, 3.8) is 0 Å². The number of carbonyl (C=O) groups excluding carboxylic acids is 1. The number of amides is 2. The third-order valence-electron chi connectivity index (χ3n) is 5.56. The maximum absolute atomic E-state index is 13.0. The van der Waals surface area contributed by atoms with Gasteiger partial charge in [-0.1, -0.05) is 71.9 Å². The van der Waals surface area contributed by atoms with Crippen LogP contribution in [0.3, 0.4) is 0 Å². The van der Waals surface area contributed by atoms with Crippen LogP contribution in [-0.2, 0) is 0 Å². The molecule has 30 heavy (non-hydrogen) atoms. The zero-order chi connectivity index (χ0) is 20.3. The van der Waals surface area contributed by atoms with Crippen LogP contribution in [0.4, 0.5) is 10.5 Å². The first-order valence-corrected chi connectivity index (χ1v) is 10.2. The van der Waals surface area contributed by atoms with E-state index in [2.05, 4.69) is 15.5 Å². The molecule has 1 saturated heterocycles. The van der Waals surface area contributed by atoms with Crippen molar-refractivity contribution in [1.82, 2.24) is 15.0 Å². The maximum Gasteiger partial charge on any atom is 0.321 e. The van der Waals surface area contributed by atoms with E-state index in [-0.39, 0.29) is 11.9 Å². The summed E-state index contributed by atoms with van der Waals surface area (Å²) in [5.74, 6) is 1.22. The molecule has 150 valence electrons. The number of anilines is 1. The molecule has 0 aliphatic carbocycles. The number of likely N-dealkylation sites (tertiary alicyclic amines) is 1. The average molecular weight is 398 g/mol. The second-order valence-electron chi connectivity index (χ2n) is 7.56. The molecule has 2 amide bonds. The molecule has 1 N–H and O–H groups in total. The molecular weight excluding hydrogens is 376 g/mol. The Morgan fingerprint density at radius 1 is 1.00 bits per heavy atom. The first-order valence-electron chi connectivity index (χ1n) is 10.2. The number of piperidine rings is 1. The van der Waals surface area contributed by atoms with Crippen molar-refractivity contribution in [2.75, 3.05) is 18.4 Å². The molecule has 0 saturated carbocycles. The Morgan fingerprint density at radius 3 is 2.70 bits per heavy atom. The van der Waals surface area contributed by atoms with Crippen LogP contribution in [-0.4, -0.2) is 34.2 Å². The summed E-state index contributed by atoms with van der Waals surface area (Å²) >= 11 is 0. The van der Waals surface area contributed by atoms with E-state index < -0.39 is 0 Å². The number of urea groups is 1. The topological polar surface area (TPSA) is 71.3 Å². The van der Waals surface area contributed by atoms with Crippen molar-refractivity contribution in [2.45, 2.75) is 18.8 Å². The maximum atomic E-state index is 13.0. The molecule has 1 aliphatic heterocycles. The van der Waals surface area contributed by atoms with E-state index in [1.807, 2.05) is 77.7 Å². The van der Waals surface area contributed by atoms with E-state index in [9.17, 15) is 4.79 Å². The Balaban J connectivity index is 1.31. The van der Waals surface area contributed by atoms with Crippen molar-refractivity contribution in [3.05, 3.63) is 78.7 Å². The Kier molecular flexibility index (Phi) is 4.89. The molecule has 0 spiro atoms. The Labute approximate surface area is 174 Å². The zero-order valence-corrected chi connectivity index (χ0v) is 16.5. The molecule has 0 bridgehead atoms. The number of hydrogen-bond donors (Lipinski definition) is 1. The fourth-order valence-corrected chi connectivity index (χ4v) is 4.00. The first kappa shape index (κ1) is 18.4. The lowest BCUT2D eigenvalue weighted by Crippen LogP contribution is -2.41. The van der Waals surface area contributed by atoms with Crippen LogP contribution in [0.2, 0.25) is 0 Å². The largest absolute Gasteiger partial charge is 0.339 e. The highest BCUT2D eigenvalue weighted by atomic mass is 16.5. The van der Waals surface area contributed by atoms with Gasteiger partial charge in [0.15, 0.2) is 0 Å². The van der Waals surface area contributed by atoms with Gasteiger partial charge in [-0.25, -0.2) is 4.79 Å². The minimum absolute atomic E-state index is 0.0435. The van der Waals surface area contributed by atoms with Gasteiger partial charge in [-0.2, -0.15) is 4.98 Å². The molecule has 4 aromatic rings. The van der Waals surface area contributed by atoms with Gasteiger partial charge in [0.05, 0.1) is 11.6 Å². The van der Waals surface area contributed by atoms with Crippen LogP contribution >= 0.6 is 0 Å². The van der Waals surface area contributed by atoms with Crippen molar-refractivity contribution >= 4 is 22.5 Å². The van der Waals surface area contributed by atoms with Crippen molar-refractivity contribution in [2.24, 2.45) is 0 Å². The summed E-state index contributed by atoms with van der Waals surface area (Å²) in [5, 5.41) is 9.34. The summed E-state index contributed by atoms with van der Waals surface area (Å²) < 4.78 is 5.54. The van der Waals surface area contributed by atoms with E-state index in [0.29, 0.717) is 24.8 Å². The molecular formula is C24H22N4O2. The smallest absolute Gasteiger partial charge is 0.321 e. The van der Waals surface area contributed by atoms with Gasteiger partial charge in [0.2, 0.25) is 11.7 Å². The van der Waals surface area contributed by atoms with E-state index in [4.69, 9.17) is 4.52 Å². The second-order valence-corrected chi connectivity index (χ2v) is 7.56. The summed E-state index contributed by atoms with van der Waals surface area (Å²) in [6, 6.07) is 23.7. The van der Waals surface area contributed by atoms with Crippen LogP contribution in [0, 0.1) is 0 Å². The quantitative estimate of drug-likeness (QED) is 0.508. The average Bonchev–Trinajstić information content (AvgIpc) is 3.30. The summed E-state index contributed by atoms with van der Waals surface area (Å²) in [6.45, 7) is 1.28. The van der Waals surface area contributed by atoms with Gasteiger partial charge >= 0.3 is 6.03 Å². The van der Waals surface area contributed by atoms with Crippen LogP contribution in [0.15, 0.2) is 77.3 Å². The Bertz CT molecular complexity index is 1170. The number of fused-ring (bicyclic) bond motifs is 1. The van der Waals surface area contributed by atoms with Crippen LogP contribution in [0.25, 0.3) is 22.2 Å². The Morgan fingerprint density at radius 2 is 1.80 bits per heavy atom. The van der Waals surface area contributed by atoms with Crippen LogP contribution in [0.5, 0.6) is 0 Å². The highest BCUT2D eigenvalue weighted by Gasteiger charge is 2.29. The van der Waals surface area contributed by atoms with E-state index in [1.54, 1.807) is 0 Å². The fourth-order valence-electron chi connectivity index (χ4n) is 4.00. The molecule has 5 rings (SSSR count). The lowest BCUT2D eigenvalue weighted by atomic mass is 9.98. The number of rotatable bonds is 3. The lowest BCUT2D eigenvalue weighted by molar-refractivity contribution is 0.184. The molecule has 1 unspecified atom stereocenters. The molecule has 1 aromatic heterocycles. The van der Waals surface area contributed by atoms with E-state index >= 15 is 0 Å². The summed E-state index contributed by atoms with van der Waals surface area (Å²) in [4.78, 5) is 19.4. The first-order chi connectivity index (χ1) is 14.8. The number of nitrogens with one attached hydrogen (secondary N) is 1. The fraction of sp³-hybridized carbons (Fsp3) is 0.208. The monoisotopic (exact) mass is 398 g/mol. The predicted octanol–water partition coefficient (Wildman–Crippen LogP) is 5.30. The van der Waals surface area contributed by atoms with Crippen LogP contribution in [0.1, 0.15) is 24.7 Å². The molecule has 2 heterocycles. The highest BCUT2D eigenvalue weighted by molar-refractivity contribution is 6.01. The van der Waals surface area contributed by atoms with Crippen molar-refractivity contribution < 1.29 is 9.32 Å². The minimum Gasteiger partial charge on any atom is -0.339 e. The van der Waals surface area contributed by atoms with Gasteiger partial charge in [-0.15, -0.1) is 0 Å². The Hall–Kier alpha value is -3.67. The summed E-state index contributed by atoms with van der Waals surface area (Å²) in [6.07, 6.45) is 1.82. The number of nitrogens with zero attached hydrogens (tertiary/aromatic N) is 3. The van der Waals surface area contributed by atoms with Gasteiger partial charge in [0.25, 0.3) is 0 Å². The molecule has 0 radical (unpaired) electrons. The van der Waals surface area contributed by atoms with E-state index in [0.717, 1.165) is 34.9 Å². The van der Waals surface area contributed by atoms with Gasteiger partial charge in [-0.05, 0) is 24.3 Å². The highest BCUT2D eigenvalue weighted by Crippen LogP contribution is 2.29. The zero-order valence-electron chi connectivity index (χ0n) is 16.5. The normalized spacial score (nSPS) is 16.5. The molecule has 1 fully saturated rings. The molecule has 6 nitrogen and oxygen atoms in total. The number of carbonyl (C=O) groups is 1. The second kappa shape index (κ2) is 7.99. The molecule has 3 aromatic carbocycles. The SMILES string of the molecule is O=C(Nc1cccc2ccccc12)N1CCCC(c2nc(-c3ccccc3)no2)C1. The van der Waals surface area contributed by atoms with Gasteiger partial charge in [0, 0.05) is 24.0 Å². The number of hydrogen-bond acceptors (Lipinski definition) is 4. The lowest BCUT2D eigenvalue weighted by Gasteiger charge is -2.31. The number of benzene rings is 3. The van der Waals surface area contributed by atoms with E-state index in [1.165, 1.54) is 0 Å². The van der Waals surface area contributed by atoms with Crippen molar-refractivity contribution in [1.29, 1.82) is 0 Å². The van der Waals surface area contributed by atoms with Gasteiger partial charge < -0.3 is 14.7 Å². The minimum atomic E-state index is -0.0983. The van der Waals surface area contributed by atoms with Crippen LogP contribution < -0.4 is 5.32 Å². The molecule has 1 atom stereocenters.